The minimum atomic E-state index is -3.81. The van der Waals surface area contributed by atoms with Gasteiger partial charge in [0.25, 0.3) is 0 Å². The molecule has 7 nitrogen and oxygen atoms in total. The summed E-state index contributed by atoms with van der Waals surface area (Å²) in [7, 11) is -3.81. The van der Waals surface area contributed by atoms with Crippen LogP contribution < -0.4 is 14.8 Å². The summed E-state index contributed by atoms with van der Waals surface area (Å²) in [6, 6.07) is 4.56. The molecule has 0 aliphatic carbocycles. The molecule has 1 aromatic rings. The van der Waals surface area contributed by atoms with Crippen LogP contribution in [0.5, 0.6) is 11.5 Å². The van der Waals surface area contributed by atoms with Gasteiger partial charge in [0.1, 0.15) is 13.2 Å². The fourth-order valence-corrected chi connectivity index (χ4v) is 3.93. The summed E-state index contributed by atoms with van der Waals surface area (Å²) in [5.41, 5.74) is 0. The number of hydrogen-bond acceptors (Lipinski definition) is 5. The Kier molecular flexibility index (Phi) is 7.28. The largest absolute Gasteiger partial charge is 0.486 e. The van der Waals surface area contributed by atoms with Crippen molar-refractivity contribution in [2.24, 2.45) is 5.92 Å². The molecule has 1 aromatic carbocycles. The summed E-state index contributed by atoms with van der Waals surface area (Å²) < 4.78 is 38.3. The molecule has 1 heterocycles. The maximum Gasteiger partial charge on any atom is 0.243 e. The van der Waals surface area contributed by atoms with Crippen molar-refractivity contribution >= 4 is 15.9 Å². The monoisotopic (exact) mass is 384 g/mol. The Balaban J connectivity index is 2.24. The van der Waals surface area contributed by atoms with Crippen molar-refractivity contribution in [3.8, 4) is 11.5 Å². The van der Waals surface area contributed by atoms with Crippen LogP contribution in [0.15, 0.2) is 23.1 Å². The summed E-state index contributed by atoms with van der Waals surface area (Å²) in [4.78, 5) is 12.2. The zero-order chi connectivity index (χ0) is 19.2. The van der Waals surface area contributed by atoms with E-state index in [0.29, 0.717) is 43.6 Å². The van der Waals surface area contributed by atoms with Crippen LogP contribution in [-0.2, 0) is 14.8 Å². The SMILES string of the molecule is CCCNC(=O)CN(CCC(C)C)S(=O)(=O)c1ccc2c(c1)OCCO2. The molecule has 0 spiro atoms. The number of ether oxygens (including phenoxy) is 2. The Morgan fingerprint density at radius 3 is 2.58 bits per heavy atom. The van der Waals surface area contributed by atoms with E-state index in [0.717, 1.165) is 6.42 Å². The maximum absolute atomic E-state index is 13.1. The van der Waals surface area contributed by atoms with Gasteiger partial charge in [-0.2, -0.15) is 4.31 Å². The number of carbonyl (C=O) groups is 1. The molecule has 0 aromatic heterocycles. The quantitative estimate of drug-likeness (QED) is 0.704. The van der Waals surface area contributed by atoms with Crippen LogP contribution in [0.3, 0.4) is 0 Å². The third kappa shape index (κ3) is 5.35. The van der Waals surface area contributed by atoms with E-state index in [4.69, 9.17) is 9.47 Å². The van der Waals surface area contributed by atoms with Crippen molar-refractivity contribution < 1.29 is 22.7 Å². The van der Waals surface area contributed by atoms with E-state index in [1.54, 1.807) is 6.07 Å². The number of rotatable bonds is 9. The van der Waals surface area contributed by atoms with Gasteiger partial charge >= 0.3 is 0 Å². The van der Waals surface area contributed by atoms with E-state index in [1.807, 2.05) is 20.8 Å². The first-order valence-electron chi connectivity index (χ1n) is 9.01. The van der Waals surface area contributed by atoms with E-state index in [-0.39, 0.29) is 23.9 Å². The fraction of sp³-hybridized carbons (Fsp3) is 0.611. The van der Waals surface area contributed by atoms with Gasteiger partial charge in [0.15, 0.2) is 11.5 Å². The highest BCUT2D eigenvalue weighted by Gasteiger charge is 2.28. The molecule has 0 fully saturated rings. The predicted molar refractivity (Wildman–Crippen MR) is 98.9 cm³/mol. The van der Waals surface area contributed by atoms with Gasteiger partial charge in [-0.1, -0.05) is 20.8 Å². The number of carbonyl (C=O) groups excluding carboxylic acids is 1. The summed E-state index contributed by atoms with van der Waals surface area (Å²) in [5, 5.41) is 2.73. The first-order chi connectivity index (χ1) is 12.3. The minimum absolute atomic E-state index is 0.105. The molecule has 0 radical (unpaired) electrons. The van der Waals surface area contributed by atoms with E-state index in [9.17, 15) is 13.2 Å². The zero-order valence-electron chi connectivity index (χ0n) is 15.7. The molecule has 8 heteroatoms. The lowest BCUT2D eigenvalue weighted by Gasteiger charge is -2.24. The number of sulfonamides is 1. The summed E-state index contributed by atoms with van der Waals surface area (Å²) in [6.07, 6.45) is 1.47. The first kappa shape index (κ1) is 20.5. The average Bonchev–Trinajstić information content (AvgIpc) is 2.62. The van der Waals surface area contributed by atoms with Crippen LogP contribution in [0.25, 0.3) is 0 Å². The van der Waals surface area contributed by atoms with Crippen LogP contribution >= 0.6 is 0 Å². The van der Waals surface area contributed by atoms with E-state index in [1.165, 1.54) is 16.4 Å². The topological polar surface area (TPSA) is 84.9 Å². The van der Waals surface area contributed by atoms with Crippen LogP contribution in [0.4, 0.5) is 0 Å². The zero-order valence-corrected chi connectivity index (χ0v) is 16.5. The molecule has 0 saturated carbocycles. The highest BCUT2D eigenvalue weighted by atomic mass is 32.2. The second kappa shape index (κ2) is 9.23. The Hall–Kier alpha value is -1.80. The third-order valence-corrected chi connectivity index (χ3v) is 5.84. The Morgan fingerprint density at radius 2 is 1.92 bits per heavy atom. The smallest absolute Gasteiger partial charge is 0.243 e. The van der Waals surface area contributed by atoms with Crippen molar-refractivity contribution in [3.63, 3.8) is 0 Å². The lowest BCUT2D eigenvalue weighted by atomic mass is 10.1. The molecular weight excluding hydrogens is 356 g/mol. The minimum Gasteiger partial charge on any atom is -0.486 e. The van der Waals surface area contributed by atoms with E-state index < -0.39 is 10.0 Å². The molecule has 2 rings (SSSR count). The Bertz CT molecular complexity index is 718. The summed E-state index contributed by atoms with van der Waals surface area (Å²) >= 11 is 0. The molecule has 0 atom stereocenters. The molecule has 1 N–H and O–H groups in total. The maximum atomic E-state index is 13.1. The molecule has 1 amide bonds. The molecule has 146 valence electrons. The van der Waals surface area contributed by atoms with E-state index >= 15 is 0 Å². The fourth-order valence-electron chi connectivity index (χ4n) is 2.50. The van der Waals surface area contributed by atoms with Crippen LogP contribution in [0.1, 0.15) is 33.6 Å². The lowest BCUT2D eigenvalue weighted by Crippen LogP contribution is -2.41. The van der Waals surface area contributed by atoms with Gasteiger partial charge in [-0.15, -0.1) is 0 Å². The van der Waals surface area contributed by atoms with Gasteiger partial charge in [-0.25, -0.2) is 8.42 Å². The van der Waals surface area contributed by atoms with Gasteiger partial charge in [0.05, 0.1) is 11.4 Å². The number of nitrogens with one attached hydrogen (secondary N) is 1. The number of amides is 1. The van der Waals surface area contributed by atoms with Crippen molar-refractivity contribution in [1.29, 1.82) is 0 Å². The first-order valence-corrected chi connectivity index (χ1v) is 10.4. The molecule has 1 aliphatic rings. The van der Waals surface area contributed by atoms with Crippen molar-refractivity contribution in [2.75, 3.05) is 32.8 Å². The second-order valence-electron chi connectivity index (χ2n) is 6.68. The number of hydrogen-bond donors (Lipinski definition) is 1. The number of nitrogens with zero attached hydrogens (tertiary/aromatic N) is 1. The van der Waals surface area contributed by atoms with Gasteiger partial charge in [-0.3, -0.25) is 4.79 Å². The summed E-state index contributed by atoms with van der Waals surface area (Å²) in [5.74, 6) is 0.976. The molecular formula is C18H28N2O5S. The van der Waals surface area contributed by atoms with Gasteiger partial charge in [-0.05, 0) is 30.9 Å². The average molecular weight is 384 g/mol. The Labute approximate surface area is 155 Å². The van der Waals surface area contributed by atoms with Gasteiger partial charge < -0.3 is 14.8 Å². The normalized spacial score (nSPS) is 13.9. The third-order valence-electron chi connectivity index (χ3n) is 4.00. The molecule has 26 heavy (non-hydrogen) atoms. The number of fused-ring (bicyclic) bond motifs is 1. The van der Waals surface area contributed by atoms with Gasteiger partial charge in [0, 0.05) is 19.2 Å². The summed E-state index contributed by atoms with van der Waals surface area (Å²) in [6.45, 7) is 7.43. The Morgan fingerprint density at radius 1 is 1.23 bits per heavy atom. The van der Waals surface area contributed by atoms with Gasteiger partial charge in [0.2, 0.25) is 15.9 Å². The molecule has 1 aliphatic heterocycles. The highest BCUT2D eigenvalue weighted by molar-refractivity contribution is 7.89. The second-order valence-corrected chi connectivity index (χ2v) is 8.61. The van der Waals surface area contributed by atoms with E-state index in [2.05, 4.69) is 5.32 Å². The predicted octanol–water partition coefficient (Wildman–Crippen LogP) is 2.02. The van der Waals surface area contributed by atoms with Crippen molar-refractivity contribution in [1.82, 2.24) is 9.62 Å². The van der Waals surface area contributed by atoms with Crippen LogP contribution in [-0.4, -0.2) is 51.5 Å². The molecule has 0 saturated heterocycles. The van der Waals surface area contributed by atoms with Crippen molar-refractivity contribution in [2.45, 2.75) is 38.5 Å². The highest BCUT2D eigenvalue weighted by Crippen LogP contribution is 2.33. The van der Waals surface area contributed by atoms with Crippen molar-refractivity contribution in [3.05, 3.63) is 18.2 Å². The molecule has 0 unspecified atom stereocenters. The lowest BCUT2D eigenvalue weighted by molar-refractivity contribution is -0.121. The number of benzene rings is 1. The van der Waals surface area contributed by atoms with Crippen LogP contribution in [0, 0.1) is 5.92 Å². The standard InChI is InChI=1S/C18H28N2O5S/c1-4-8-19-18(21)13-20(9-7-14(2)3)26(22,23)15-5-6-16-17(12-15)25-11-10-24-16/h5-6,12,14H,4,7-11,13H2,1-3H3,(H,19,21). The van der Waals surface area contributed by atoms with Crippen LogP contribution in [0.2, 0.25) is 0 Å². The molecule has 0 bridgehead atoms.